The Morgan fingerprint density at radius 1 is 0.459 bits per heavy atom. The zero-order valence-corrected chi connectivity index (χ0v) is 23.5. The van der Waals surface area contributed by atoms with Gasteiger partial charge in [-0.05, 0) is 20.8 Å². The molecule has 6 nitrogen and oxygen atoms in total. The Labute approximate surface area is 249 Å². The topological polar surface area (TPSA) is 112 Å². The maximum atomic E-state index is 10.6. The second kappa shape index (κ2) is 18.8. The standard InChI is InChI=1S/3C10H10O2.Sm/c3*1-8(11)7-10(12)9-5-3-2-4-6-9;/h3*2-7,12H,1H3;. The van der Waals surface area contributed by atoms with Gasteiger partial charge in [-0.2, -0.15) is 0 Å². The predicted molar refractivity (Wildman–Crippen MR) is 143 cm³/mol. The van der Waals surface area contributed by atoms with E-state index in [1.165, 1.54) is 39.0 Å². The van der Waals surface area contributed by atoms with Crippen LogP contribution in [0, 0.1) is 40.4 Å². The van der Waals surface area contributed by atoms with Crippen LogP contribution in [0.3, 0.4) is 0 Å². The van der Waals surface area contributed by atoms with Gasteiger partial charge in [-0.15, -0.1) is 0 Å². The first-order valence-corrected chi connectivity index (χ1v) is 11.0. The van der Waals surface area contributed by atoms with Crippen LogP contribution in [0.5, 0.6) is 0 Å². The number of hydrogen-bond donors (Lipinski definition) is 3. The van der Waals surface area contributed by atoms with Gasteiger partial charge in [-0.25, -0.2) is 0 Å². The van der Waals surface area contributed by atoms with E-state index in [0.29, 0.717) is 16.7 Å². The molecule has 0 radical (unpaired) electrons. The quantitative estimate of drug-likeness (QED) is 0.210. The number of carbonyl (C=O) groups is 3. The molecule has 0 fully saturated rings. The minimum atomic E-state index is -0.156. The smallest absolute Gasteiger partial charge is 0.156 e. The molecule has 0 heterocycles. The minimum absolute atomic E-state index is 0. The summed E-state index contributed by atoms with van der Waals surface area (Å²) in [6, 6.07) is 26.9. The van der Waals surface area contributed by atoms with E-state index in [2.05, 4.69) is 0 Å². The predicted octanol–water partition coefficient (Wildman–Crippen LogP) is 6.52. The van der Waals surface area contributed by atoms with Crippen molar-refractivity contribution >= 4 is 34.6 Å². The molecule has 3 N–H and O–H groups in total. The summed E-state index contributed by atoms with van der Waals surface area (Å²) in [7, 11) is 0. The Morgan fingerprint density at radius 3 is 0.811 bits per heavy atom. The normalized spacial score (nSPS) is 10.9. The Hall–Kier alpha value is -3.37. The summed E-state index contributed by atoms with van der Waals surface area (Å²) in [4.78, 5) is 31.8. The number of hydrogen-bond acceptors (Lipinski definition) is 6. The van der Waals surface area contributed by atoms with Gasteiger partial charge < -0.3 is 15.3 Å². The van der Waals surface area contributed by atoms with Crippen LogP contribution < -0.4 is 0 Å². The molecule has 0 bridgehead atoms. The first-order chi connectivity index (χ1) is 17.1. The summed E-state index contributed by atoms with van der Waals surface area (Å²) >= 11 is 0. The Bertz CT molecular complexity index is 1060. The van der Waals surface area contributed by atoms with Crippen molar-refractivity contribution in [3.63, 3.8) is 0 Å². The molecular weight excluding hydrogens is 607 g/mol. The van der Waals surface area contributed by atoms with Crippen LogP contribution in [0.4, 0.5) is 0 Å². The molecule has 0 saturated heterocycles. The van der Waals surface area contributed by atoms with Crippen molar-refractivity contribution in [2.75, 3.05) is 0 Å². The Balaban J connectivity index is 0.000000518. The number of benzene rings is 3. The fourth-order valence-electron chi connectivity index (χ4n) is 2.65. The van der Waals surface area contributed by atoms with Gasteiger partial charge in [-0.1, -0.05) is 91.0 Å². The summed E-state index contributed by atoms with van der Waals surface area (Å²) in [5.41, 5.74) is 1.98. The van der Waals surface area contributed by atoms with Crippen molar-refractivity contribution in [1.29, 1.82) is 0 Å². The Morgan fingerprint density at radius 2 is 0.649 bits per heavy atom. The molecule has 37 heavy (non-hydrogen) atoms. The van der Waals surface area contributed by atoms with E-state index >= 15 is 0 Å². The van der Waals surface area contributed by atoms with Gasteiger partial charge in [0.2, 0.25) is 0 Å². The van der Waals surface area contributed by atoms with Gasteiger partial charge >= 0.3 is 0 Å². The molecule has 192 valence electrons. The monoisotopic (exact) mass is 638 g/mol. The number of allylic oxidation sites excluding steroid dienone is 3. The molecule has 3 aromatic carbocycles. The van der Waals surface area contributed by atoms with E-state index in [4.69, 9.17) is 0 Å². The van der Waals surface area contributed by atoms with Gasteiger partial charge in [0.1, 0.15) is 17.3 Å². The molecule has 0 unspecified atom stereocenters. The van der Waals surface area contributed by atoms with Crippen molar-refractivity contribution in [3.05, 3.63) is 126 Å². The molecule has 7 heteroatoms. The van der Waals surface area contributed by atoms with Crippen molar-refractivity contribution in [2.24, 2.45) is 0 Å². The van der Waals surface area contributed by atoms with Crippen molar-refractivity contribution in [3.8, 4) is 0 Å². The van der Waals surface area contributed by atoms with Crippen molar-refractivity contribution < 1.29 is 70.1 Å². The summed E-state index contributed by atoms with van der Waals surface area (Å²) in [5.74, 6) is -0.418. The van der Waals surface area contributed by atoms with Gasteiger partial charge in [0.05, 0.1) is 0 Å². The van der Waals surface area contributed by atoms with Crippen LogP contribution in [-0.2, 0) is 14.4 Å². The molecule has 0 aliphatic rings. The zero-order chi connectivity index (χ0) is 26.9. The maximum Gasteiger partial charge on any atom is 0.156 e. The SMILES string of the molecule is CC(=O)C=C(O)c1ccccc1.CC(=O)C=C(O)c1ccccc1.CC(=O)C=C(O)c1ccccc1.[Sm]. The van der Waals surface area contributed by atoms with E-state index in [0.717, 1.165) is 0 Å². The van der Waals surface area contributed by atoms with E-state index in [1.54, 1.807) is 72.8 Å². The van der Waals surface area contributed by atoms with E-state index in [1.807, 2.05) is 18.2 Å². The second-order valence-corrected chi connectivity index (χ2v) is 7.52. The number of rotatable bonds is 6. The van der Waals surface area contributed by atoms with Crippen LogP contribution >= 0.6 is 0 Å². The summed E-state index contributed by atoms with van der Waals surface area (Å²) < 4.78 is 0. The molecule has 0 aliphatic carbocycles. The van der Waals surface area contributed by atoms with Crippen LogP contribution in [0.15, 0.2) is 109 Å². The van der Waals surface area contributed by atoms with Crippen molar-refractivity contribution in [1.82, 2.24) is 0 Å². The van der Waals surface area contributed by atoms with Gasteiger partial charge in [-0.3, -0.25) is 14.4 Å². The zero-order valence-electron chi connectivity index (χ0n) is 20.9. The summed E-state index contributed by atoms with van der Waals surface area (Å²) in [6.45, 7) is 4.21. The van der Waals surface area contributed by atoms with Gasteiger partial charge in [0, 0.05) is 75.3 Å². The number of ketones is 3. The summed E-state index contributed by atoms with van der Waals surface area (Å²) in [6.07, 6.45) is 3.61. The fourth-order valence-corrected chi connectivity index (χ4v) is 2.65. The number of aliphatic hydroxyl groups excluding tert-OH is 3. The molecular formula is C30H30O6Sm. The van der Waals surface area contributed by atoms with Gasteiger partial charge in [0.25, 0.3) is 0 Å². The first-order valence-electron chi connectivity index (χ1n) is 11.0. The molecule has 0 amide bonds. The average molecular weight is 637 g/mol. The average Bonchev–Trinajstić information content (AvgIpc) is 2.85. The van der Waals surface area contributed by atoms with E-state index in [9.17, 15) is 29.7 Å². The Kier molecular flexibility index (Phi) is 17.1. The molecule has 0 spiro atoms. The third-order valence-corrected chi connectivity index (χ3v) is 4.23. The van der Waals surface area contributed by atoms with Crippen LogP contribution in [0.25, 0.3) is 17.3 Å². The van der Waals surface area contributed by atoms with Crippen LogP contribution in [0.1, 0.15) is 37.5 Å². The van der Waals surface area contributed by atoms with Crippen LogP contribution in [0.2, 0.25) is 0 Å². The summed E-state index contributed by atoms with van der Waals surface area (Å²) in [5, 5.41) is 28.0. The van der Waals surface area contributed by atoms with Crippen molar-refractivity contribution in [2.45, 2.75) is 20.8 Å². The molecule has 3 aromatic rings. The fraction of sp³-hybridized carbons (Fsp3) is 0.100. The van der Waals surface area contributed by atoms with E-state index in [-0.39, 0.29) is 75.0 Å². The molecule has 0 atom stereocenters. The second-order valence-electron chi connectivity index (χ2n) is 7.52. The molecule has 0 aliphatic heterocycles. The molecule has 0 aromatic heterocycles. The maximum absolute atomic E-state index is 10.6. The van der Waals surface area contributed by atoms with Gasteiger partial charge in [0.15, 0.2) is 17.3 Å². The molecule has 0 saturated carbocycles. The molecule has 3 rings (SSSR count). The number of carbonyl (C=O) groups excluding carboxylic acids is 3. The third-order valence-electron chi connectivity index (χ3n) is 4.23. The first kappa shape index (κ1) is 33.6. The third kappa shape index (κ3) is 15.4. The minimum Gasteiger partial charge on any atom is -0.507 e. The van der Waals surface area contributed by atoms with Crippen LogP contribution in [-0.4, -0.2) is 32.7 Å². The largest absolute Gasteiger partial charge is 0.507 e. The number of aliphatic hydroxyl groups is 3. The van der Waals surface area contributed by atoms with E-state index < -0.39 is 0 Å².